The number of aryl methyl sites for hydroxylation is 1. The Labute approximate surface area is 110 Å². The SMILES string of the molecule is CCOc1ccc(N(C)CC(C)(C)CO)cc1C. The second-order valence-electron chi connectivity index (χ2n) is 5.56. The third kappa shape index (κ3) is 3.91. The molecule has 102 valence electrons. The number of aliphatic hydroxyl groups is 1. The molecule has 0 aliphatic carbocycles. The molecule has 0 saturated heterocycles. The zero-order valence-electron chi connectivity index (χ0n) is 12.2. The van der Waals surface area contributed by atoms with E-state index >= 15 is 0 Å². The van der Waals surface area contributed by atoms with Crippen molar-refractivity contribution in [2.24, 2.45) is 5.41 Å². The maximum Gasteiger partial charge on any atom is 0.122 e. The molecule has 1 aromatic rings. The zero-order chi connectivity index (χ0) is 13.8. The van der Waals surface area contributed by atoms with Crippen molar-refractivity contribution in [2.45, 2.75) is 27.7 Å². The minimum atomic E-state index is -0.0960. The monoisotopic (exact) mass is 251 g/mol. The van der Waals surface area contributed by atoms with E-state index in [1.807, 2.05) is 20.0 Å². The van der Waals surface area contributed by atoms with Crippen LogP contribution < -0.4 is 9.64 Å². The Kier molecular flexibility index (Phi) is 5.03. The molecular weight excluding hydrogens is 226 g/mol. The fourth-order valence-electron chi connectivity index (χ4n) is 1.97. The van der Waals surface area contributed by atoms with Gasteiger partial charge < -0.3 is 14.7 Å². The quantitative estimate of drug-likeness (QED) is 0.844. The van der Waals surface area contributed by atoms with Gasteiger partial charge in [0.2, 0.25) is 0 Å². The number of rotatable bonds is 6. The van der Waals surface area contributed by atoms with Crippen LogP contribution in [0.3, 0.4) is 0 Å². The van der Waals surface area contributed by atoms with Gasteiger partial charge in [0.15, 0.2) is 0 Å². The van der Waals surface area contributed by atoms with Crippen LogP contribution in [0.15, 0.2) is 18.2 Å². The molecule has 0 heterocycles. The van der Waals surface area contributed by atoms with Crippen LogP contribution in [0.5, 0.6) is 5.75 Å². The van der Waals surface area contributed by atoms with Crippen LogP contribution in [0.4, 0.5) is 5.69 Å². The molecule has 1 N–H and O–H groups in total. The van der Waals surface area contributed by atoms with Gasteiger partial charge in [-0.05, 0) is 37.6 Å². The average Bonchev–Trinajstić information content (AvgIpc) is 2.31. The first-order valence-electron chi connectivity index (χ1n) is 6.45. The van der Waals surface area contributed by atoms with Crippen LogP contribution in [0.25, 0.3) is 0 Å². The Hall–Kier alpha value is -1.22. The highest BCUT2D eigenvalue weighted by Crippen LogP contribution is 2.26. The van der Waals surface area contributed by atoms with E-state index in [2.05, 4.69) is 37.8 Å². The summed E-state index contributed by atoms with van der Waals surface area (Å²) in [5.74, 6) is 0.941. The summed E-state index contributed by atoms with van der Waals surface area (Å²) in [6.45, 7) is 9.86. The summed E-state index contributed by atoms with van der Waals surface area (Å²) >= 11 is 0. The van der Waals surface area contributed by atoms with Crippen molar-refractivity contribution in [3.63, 3.8) is 0 Å². The molecule has 1 aromatic carbocycles. The highest BCUT2D eigenvalue weighted by Gasteiger charge is 2.19. The molecular formula is C15H25NO2. The topological polar surface area (TPSA) is 32.7 Å². The smallest absolute Gasteiger partial charge is 0.122 e. The lowest BCUT2D eigenvalue weighted by molar-refractivity contribution is 0.165. The second kappa shape index (κ2) is 6.10. The summed E-state index contributed by atoms with van der Waals surface area (Å²) in [6, 6.07) is 6.19. The minimum Gasteiger partial charge on any atom is -0.494 e. The van der Waals surface area contributed by atoms with Gasteiger partial charge in [0.1, 0.15) is 5.75 Å². The lowest BCUT2D eigenvalue weighted by atomic mass is 9.94. The Bertz CT molecular complexity index is 388. The van der Waals surface area contributed by atoms with E-state index in [-0.39, 0.29) is 12.0 Å². The highest BCUT2D eigenvalue weighted by atomic mass is 16.5. The molecule has 0 bridgehead atoms. The van der Waals surface area contributed by atoms with E-state index in [1.54, 1.807) is 0 Å². The number of anilines is 1. The number of hydrogen-bond acceptors (Lipinski definition) is 3. The van der Waals surface area contributed by atoms with E-state index in [9.17, 15) is 5.11 Å². The minimum absolute atomic E-state index is 0.0960. The number of nitrogens with zero attached hydrogens (tertiary/aromatic N) is 1. The zero-order valence-corrected chi connectivity index (χ0v) is 12.2. The summed E-state index contributed by atoms with van der Waals surface area (Å²) in [4.78, 5) is 2.17. The van der Waals surface area contributed by atoms with Crippen molar-refractivity contribution in [1.29, 1.82) is 0 Å². The molecule has 0 spiro atoms. The summed E-state index contributed by atoms with van der Waals surface area (Å²) in [5.41, 5.74) is 2.20. The molecule has 0 radical (unpaired) electrons. The molecule has 0 aliphatic heterocycles. The van der Waals surface area contributed by atoms with Crippen molar-refractivity contribution in [3.05, 3.63) is 23.8 Å². The van der Waals surface area contributed by atoms with E-state index in [1.165, 1.54) is 0 Å². The van der Waals surface area contributed by atoms with Crippen molar-refractivity contribution in [3.8, 4) is 5.75 Å². The second-order valence-corrected chi connectivity index (χ2v) is 5.56. The number of benzene rings is 1. The molecule has 3 nitrogen and oxygen atoms in total. The fourth-order valence-corrected chi connectivity index (χ4v) is 1.97. The Balaban J connectivity index is 2.81. The predicted octanol–water partition coefficient (Wildman–Crippen LogP) is 2.85. The number of ether oxygens (including phenoxy) is 1. The Morgan fingerprint density at radius 3 is 2.50 bits per heavy atom. The van der Waals surface area contributed by atoms with E-state index in [4.69, 9.17) is 4.74 Å². The number of aliphatic hydroxyl groups excluding tert-OH is 1. The van der Waals surface area contributed by atoms with Gasteiger partial charge in [0.25, 0.3) is 0 Å². The predicted molar refractivity (Wildman–Crippen MR) is 76.5 cm³/mol. The first-order valence-corrected chi connectivity index (χ1v) is 6.45. The molecule has 0 amide bonds. The molecule has 0 saturated carbocycles. The van der Waals surface area contributed by atoms with E-state index in [0.717, 1.165) is 23.5 Å². The lowest BCUT2D eigenvalue weighted by Gasteiger charge is -2.30. The van der Waals surface area contributed by atoms with Crippen LogP contribution in [-0.4, -0.2) is 31.9 Å². The van der Waals surface area contributed by atoms with Crippen LogP contribution in [0.2, 0.25) is 0 Å². The highest BCUT2D eigenvalue weighted by molar-refractivity contribution is 5.52. The summed E-state index contributed by atoms with van der Waals surface area (Å²) in [5, 5.41) is 9.31. The first-order chi connectivity index (χ1) is 8.39. The van der Waals surface area contributed by atoms with Gasteiger partial charge in [-0.15, -0.1) is 0 Å². The molecule has 0 unspecified atom stereocenters. The van der Waals surface area contributed by atoms with Gasteiger partial charge in [-0.3, -0.25) is 0 Å². The lowest BCUT2D eigenvalue weighted by Crippen LogP contribution is -2.33. The normalized spacial score (nSPS) is 11.4. The molecule has 3 heteroatoms. The Morgan fingerprint density at radius 1 is 1.33 bits per heavy atom. The fraction of sp³-hybridized carbons (Fsp3) is 0.600. The Morgan fingerprint density at radius 2 is 2.00 bits per heavy atom. The maximum absolute atomic E-state index is 9.31. The molecule has 18 heavy (non-hydrogen) atoms. The summed E-state index contributed by atoms with van der Waals surface area (Å²) in [7, 11) is 2.05. The molecule has 0 atom stereocenters. The van der Waals surface area contributed by atoms with Gasteiger partial charge in [-0.1, -0.05) is 13.8 Å². The van der Waals surface area contributed by atoms with Gasteiger partial charge >= 0.3 is 0 Å². The van der Waals surface area contributed by atoms with E-state index < -0.39 is 0 Å². The first kappa shape index (κ1) is 14.8. The van der Waals surface area contributed by atoms with E-state index in [0.29, 0.717) is 6.61 Å². The standard InChI is InChI=1S/C15H25NO2/c1-6-18-14-8-7-13(9-12(14)2)16(5)10-15(3,4)11-17/h7-9,17H,6,10-11H2,1-5H3. The van der Waals surface area contributed by atoms with Crippen molar-refractivity contribution >= 4 is 5.69 Å². The number of hydrogen-bond donors (Lipinski definition) is 1. The van der Waals surface area contributed by atoms with Crippen LogP contribution in [0, 0.1) is 12.3 Å². The third-order valence-electron chi connectivity index (χ3n) is 2.99. The molecule has 0 fully saturated rings. The van der Waals surface area contributed by atoms with Crippen molar-refractivity contribution in [1.82, 2.24) is 0 Å². The average molecular weight is 251 g/mol. The van der Waals surface area contributed by atoms with Crippen molar-refractivity contribution in [2.75, 3.05) is 31.7 Å². The van der Waals surface area contributed by atoms with Crippen molar-refractivity contribution < 1.29 is 9.84 Å². The van der Waals surface area contributed by atoms with Gasteiger partial charge in [0, 0.05) is 31.3 Å². The van der Waals surface area contributed by atoms with Crippen LogP contribution in [0.1, 0.15) is 26.3 Å². The van der Waals surface area contributed by atoms with Gasteiger partial charge in [-0.2, -0.15) is 0 Å². The molecule has 1 rings (SSSR count). The molecule has 0 aliphatic rings. The van der Waals surface area contributed by atoms with Gasteiger partial charge in [0.05, 0.1) is 6.61 Å². The van der Waals surface area contributed by atoms with Gasteiger partial charge in [-0.25, -0.2) is 0 Å². The summed E-state index contributed by atoms with van der Waals surface area (Å²) in [6.07, 6.45) is 0. The molecule has 0 aromatic heterocycles. The third-order valence-corrected chi connectivity index (χ3v) is 2.99. The summed E-state index contributed by atoms with van der Waals surface area (Å²) < 4.78 is 5.53. The largest absolute Gasteiger partial charge is 0.494 e. The van der Waals surface area contributed by atoms with Crippen LogP contribution in [-0.2, 0) is 0 Å². The maximum atomic E-state index is 9.31. The van der Waals surface area contributed by atoms with Crippen LogP contribution >= 0.6 is 0 Å².